The van der Waals surface area contributed by atoms with Crippen LogP contribution in [0.3, 0.4) is 0 Å². The van der Waals surface area contributed by atoms with Crippen molar-refractivity contribution < 1.29 is 4.79 Å². The van der Waals surface area contributed by atoms with Crippen molar-refractivity contribution in [2.24, 2.45) is 5.92 Å². The van der Waals surface area contributed by atoms with Crippen molar-refractivity contribution in [2.45, 2.75) is 33.2 Å². The molecule has 1 saturated heterocycles. The van der Waals surface area contributed by atoms with Gasteiger partial charge in [-0.3, -0.25) is 4.79 Å². The molecule has 0 aromatic carbocycles. The predicted molar refractivity (Wildman–Crippen MR) is 105 cm³/mol. The molecule has 1 aliphatic heterocycles. The Morgan fingerprint density at radius 1 is 1.48 bits per heavy atom. The zero-order chi connectivity index (χ0) is 18.0. The molecule has 6 heteroatoms. The number of ketones is 1. The first kappa shape index (κ1) is 17.9. The van der Waals surface area contributed by atoms with Crippen LogP contribution in [0.4, 0.5) is 10.8 Å². The molecular weight excluding hydrogens is 332 g/mol. The Hall–Kier alpha value is -1.92. The highest BCUT2D eigenvalue weighted by Crippen LogP contribution is 2.32. The lowest BCUT2D eigenvalue weighted by molar-refractivity contribution is 0.103. The molecule has 1 fully saturated rings. The number of nitrogens with two attached hydrogens (primary N) is 1. The molecule has 1 aliphatic rings. The number of hydrogen-bond donors (Lipinski definition) is 2. The number of nitrogen functional groups attached to an aromatic ring is 1. The Morgan fingerprint density at radius 2 is 2.28 bits per heavy atom. The Kier molecular flexibility index (Phi) is 5.39. The lowest BCUT2D eigenvalue weighted by Crippen LogP contribution is -2.51. The Balaban J connectivity index is 1.80. The number of thiophene rings is 1. The molecule has 2 aromatic heterocycles. The van der Waals surface area contributed by atoms with Crippen LogP contribution in [-0.2, 0) is 0 Å². The SMILES string of the molecule is Cc1sc(N2CCN[C@@H](CC(C)C)C2)cc1C(=O)c1cccnc1N. The average molecular weight is 359 g/mol. The summed E-state index contributed by atoms with van der Waals surface area (Å²) in [5.74, 6) is 0.923. The second-order valence-electron chi connectivity index (χ2n) is 7.05. The standard InChI is InChI=1S/C19H26N4OS/c1-12(2)9-14-11-23(8-7-21-14)17-10-16(13(3)25-17)18(24)15-5-4-6-22-19(15)20/h4-6,10,12,14,21H,7-9,11H2,1-3H3,(H2,20,22)/t14-/m0/s1. The number of nitrogens with zero attached hydrogens (tertiary/aromatic N) is 2. The van der Waals surface area contributed by atoms with Gasteiger partial charge in [0.2, 0.25) is 0 Å². The first-order valence-electron chi connectivity index (χ1n) is 8.79. The highest BCUT2D eigenvalue weighted by atomic mass is 32.1. The predicted octanol–water partition coefficient (Wildman–Crippen LogP) is 3.09. The maximum atomic E-state index is 12.8. The van der Waals surface area contributed by atoms with Crippen LogP contribution in [0.15, 0.2) is 24.4 Å². The van der Waals surface area contributed by atoms with Crippen molar-refractivity contribution >= 4 is 27.9 Å². The molecule has 0 spiro atoms. The van der Waals surface area contributed by atoms with Gasteiger partial charge in [0, 0.05) is 42.3 Å². The van der Waals surface area contributed by atoms with Gasteiger partial charge < -0.3 is 16.0 Å². The zero-order valence-electron chi connectivity index (χ0n) is 15.1. The van der Waals surface area contributed by atoms with E-state index < -0.39 is 0 Å². The zero-order valence-corrected chi connectivity index (χ0v) is 15.9. The van der Waals surface area contributed by atoms with Gasteiger partial charge in [-0.25, -0.2) is 4.98 Å². The molecular formula is C19H26N4OS. The van der Waals surface area contributed by atoms with Crippen LogP contribution in [0.2, 0.25) is 0 Å². The number of nitrogens with one attached hydrogen (secondary N) is 1. The van der Waals surface area contributed by atoms with E-state index in [1.165, 1.54) is 11.4 Å². The van der Waals surface area contributed by atoms with Crippen molar-refractivity contribution in [1.82, 2.24) is 10.3 Å². The topological polar surface area (TPSA) is 71.2 Å². The highest BCUT2D eigenvalue weighted by Gasteiger charge is 2.24. The highest BCUT2D eigenvalue weighted by molar-refractivity contribution is 7.16. The third-order valence-corrected chi connectivity index (χ3v) is 5.67. The fraction of sp³-hybridized carbons (Fsp3) is 0.474. The van der Waals surface area contributed by atoms with Crippen molar-refractivity contribution in [3.8, 4) is 0 Å². The number of anilines is 2. The third kappa shape index (κ3) is 4.02. The fourth-order valence-corrected chi connectivity index (χ4v) is 4.40. The summed E-state index contributed by atoms with van der Waals surface area (Å²) >= 11 is 1.69. The van der Waals surface area contributed by atoms with Gasteiger partial charge in [-0.2, -0.15) is 0 Å². The van der Waals surface area contributed by atoms with Crippen LogP contribution in [-0.4, -0.2) is 36.4 Å². The summed E-state index contributed by atoms with van der Waals surface area (Å²) in [4.78, 5) is 20.3. The number of aryl methyl sites for hydroxylation is 1. The lowest BCUT2D eigenvalue weighted by atomic mass is 10.0. The first-order chi connectivity index (χ1) is 12.0. The molecule has 0 radical (unpaired) electrons. The quantitative estimate of drug-likeness (QED) is 0.804. The van der Waals surface area contributed by atoms with Gasteiger partial charge in [-0.15, -0.1) is 11.3 Å². The van der Waals surface area contributed by atoms with E-state index in [0.29, 0.717) is 23.3 Å². The van der Waals surface area contributed by atoms with Crippen LogP contribution < -0.4 is 16.0 Å². The Bertz CT molecular complexity index is 756. The average Bonchev–Trinajstić information content (AvgIpc) is 2.96. The van der Waals surface area contributed by atoms with E-state index in [1.54, 1.807) is 29.7 Å². The molecule has 3 heterocycles. The fourth-order valence-electron chi connectivity index (χ4n) is 3.35. The second-order valence-corrected chi connectivity index (χ2v) is 8.28. The van der Waals surface area contributed by atoms with Crippen LogP contribution in [0, 0.1) is 12.8 Å². The molecule has 1 atom stereocenters. The molecule has 0 amide bonds. The molecule has 0 aliphatic carbocycles. The molecule has 25 heavy (non-hydrogen) atoms. The molecule has 134 valence electrons. The maximum Gasteiger partial charge on any atom is 0.197 e. The van der Waals surface area contributed by atoms with Crippen molar-refractivity contribution in [1.29, 1.82) is 0 Å². The summed E-state index contributed by atoms with van der Waals surface area (Å²) in [7, 11) is 0. The Labute approximate surface area is 153 Å². The molecule has 2 aromatic rings. The van der Waals surface area contributed by atoms with Crippen LogP contribution in [0.5, 0.6) is 0 Å². The van der Waals surface area contributed by atoms with Crippen molar-refractivity contribution in [2.75, 3.05) is 30.3 Å². The molecule has 0 bridgehead atoms. The first-order valence-corrected chi connectivity index (χ1v) is 9.61. The van der Waals surface area contributed by atoms with E-state index in [-0.39, 0.29) is 5.78 Å². The van der Waals surface area contributed by atoms with Gasteiger partial charge >= 0.3 is 0 Å². The van der Waals surface area contributed by atoms with E-state index >= 15 is 0 Å². The Morgan fingerprint density at radius 3 is 3.00 bits per heavy atom. The summed E-state index contributed by atoms with van der Waals surface area (Å²) in [5, 5.41) is 4.76. The number of pyridine rings is 1. The van der Waals surface area contributed by atoms with Crippen LogP contribution in [0.1, 0.15) is 41.1 Å². The number of piperazine rings is 1. The summed E-state index contributed by atoms with van der Waals surface area (Å²) in [6, 6.07) is 6.01. The normalized spacial score (nSPS) is 17.9. The smallest absolute Gasteiger partial charge is 0.197 e. The largest absolute Gasteiger partial charge is 0.383 e. The van der Waals surface area contributed by atoms with Crippen LogP contribution >= 0.6 is 11.3 Å². The minimum absolute atomic E-state index is 0.0422. The monoisotopic (exact) mass is 358 g/mol. The van der Waals surface area contributed by atoms with Gasteiger partial charge in [-0.05, 0) is 37.5 Å². The summed E-state index contributed by atoms with van der Waals surface area (Å²) < 4.78 is 0. The summed E-state index contributed by atoms with van der Waals surface area (Å²) in [6.45, 7) is 9.45. The van der Waals surface area contributed by atoms with E-state index in [1.807, 2.05) is 13.0 Å². The summed E-state index contributed by atoms with van der Waals surface area (Å²) in [5.41, 5.74) is 7.09. The molecule has 5 nitrogen and oxygen atoms in total. The van der Waals surface area contributed by atoms with E-state index in [9.17, 15) is 4.79 Å². The van der Waals surface area contributed by atoms with Gasteiger partial charge in [0.1, 0.15) is 5.82 Å². The maximum absolute atomic E-state index is 12.8. The van der Waals surface area contributed by atoms with Gasteiger partial charge in [0.05, 0.1) is 10.6 Å². The molecule has 0 unspecified atom stereocenters. The number of carbonyl (C=O) groups excluding carboxylic acids is 1. The number of carbonyl (C=O) groups is 1. The minimum atomic E-state index is -0.0422. The van der Waals surface area contributed by atoms with Gasteiger partial charge in [0.15, 0.2) is 5.78 Å². The van der Waals surface area contributed by atoms with Gasteiger partial charge in [0.25, 0.3) is 0 Å². The molecule has 3 N–H and O–H groups in total. The van der Waals surface area contributed by atoms with Crippen molar-refractivity contribution in [3.63, 3.8) is 0 Å². The lowest BCUT2D eigenvalue weighted by Gasteiger charge is -2.35. The number of hydrogen-bond acceptors (Lipinski definition) is 6. The van der Waals surface area contributed by atoms with E-state index in [2.05, 4.69) is 29.0 Å². The van der Waals surface area contributed by atoms with E-state index in [4.69, 9.17) is 5.73 Å². The third-order valence-electron chi connectivity index (χ3n) is 4.56. The van der Waals surface area contributed by atoms with Gasteiger partial charge in [-0.1, -0.05) is 13.8 Å². The van der Waals surface area contributed by atoms with Crippen LogP contribution in [0.25, 0.3) is 0 Å². The molecule has 3 rings (SSSR count). The minimum Gasteiger partial charge on any atom is -0.383 e. The second kappa shape index (κ2) is 7.54. The molecule has 0 saturated carbocycles. The number of aromatic nitrogens is 1. The number of rotatable bonds is 5. The summed E-state index contributed by atoms with van der Waals surface area (Å²) in [6.07, 6.45) is 2.77. The van der Waals surface area contributed by atoms with Crippen molar-refractivity contribution in [3.05, 3.63) is 40.4 Å². The van der Waals surface area contributed by atoms with E-state index in [0.717, 1.165) is 30.1 Å².